The summed E-state index contributed by atoms with van der Waals surface area (Å²) in [7, 11) is 0. The van der Waals surface area contributed by atoms with Crippen LogP contribution in [0, 0.1) is 0 Å². The predicted octanol–water partition coefficient (Wildman–Crippen LogP) is 0.305. The topological polar surface area (TPSA) is 112 Å². The molecule has 2 aliphatic rings. The molecule has 0 aliphatic carbocycles. The molecule has 0 aromatic rings. The molecule has 0 bridgehead atoms. The number of ether oxygens (including phenoxy) is 4. The molecule has 2 heterocycles. The van der Waals surface area contributed by atoms with Crippen molar-refractivity contribution in [1.29, 1.82) is 0 Å². The Morgan fingerprint density at radius 2 is 1.22 bits per heavy atom. The molecule has 0 radical (unpaired) electrons. The average molecular weight is 262 g/mol. The van der Waals surface area contributed by atoms with E-state index in [0.717, 1.165) is 0 Å². The first-order valence-electron chi connectivity index (χ1n) is 4.76. The van der Waals surface area contributed by atoms with E-state index in [9.17, 15) is 9.59 Å². The Bertz CT molecular complexity index is 262. The standard InChI is InChI=1S/2C4H4O3.C2H6O2/c2*1-3-2-6-4(5)7-3;3-1-2-4/h2*1-2H2;3-4H,1-2H2. The molecule has 2 saturated heterocycles. The lowest BCUT2D eigenvalue weighted by Gasteiger charge is -1.80. The van der Waals surface area contributed by atoms with Gasteiger partial charge in [0.25, 0.3) is 0 Å². The summed E-state index contributed by atoms with van der Waals surface area (Å²) in [4.78, 5) is 19.9. The summed E-state index contributed by atoms with van der Waals surface area (Å²) in [5, 5.41) is 15.2. The third kappa shape index (κ3) is 8.13. The van der Waals surface area contributed by atoms with E-state index in [1.54, 1.807) is 0 Å². The van der Waals surface area contributed by atoms with Gasteiger partial charge in [0.15, 0.2) is 13.2 Å². The molecule has 2 N–H and O–H groups in total. The Balaban J connectivity index is 0.000000253. The van der Waals surface area contributed by atoms with E-state index in [1.165, 1.54) is 0 Å². The highest BCUT2D eigenvalue weighted by Crippen LogP contribution is 2.05. The second kappa shape index (κ2) is 9.02. The number of hydrogen-bond donors (Lipinski definition) is 2. The average Bonchev–Trinajstić information content (AvgIpc) is 2.88. The predicted molar refractivity (Wildman–Crippen MR) is 57.3 cm³/mol. The van der Waals surface area contributed by atoms with Crippen molar-refractivity contribution in [2.24, 2.45) is 0 Å². The maximum Gasteiger partial charge on any atom is 0.514 e. The third-order valence-corrected chi connectivity index (χ3v) is 1.26. The number of cyclic esters (lactones) is 4. The van der Waals surface area contributed by atoms with Crippen LogP contribution in [0.2, 0.25) is 0 Å². The van der Waals surface area contributed by atoms with E-state index in [4.69, 9.17) is 10.2 Å². The summed E-state index contributed by atoms with van der Waals surface area (Å²) >= 11 is 0. The molecule has 102 valence electrons. The number of rotatable bonds is 1. The van der Waals surface area contributed by atoms with Gasteiger partial charge in [0, 0.05) is 0 Å². The van der Waals surface area contributed by atoms with Crippen LogP contribution in [0.15, 0.2) is 24.7 Å². The van der Waals surface area contributed by atoms with Crippen LogP contribution in [0.3, 0.4) is 0 Å². The van der Waals surface area contributed by atoms with Crippen LogP contribution in [-0.4, -0.2) is 49.0 Å². The minimum absolute atomic E-state index is 0.125. The minimum atomic E-state index is -0.648. The van der Waals surface area contributed by atoms with E-state index >= 15 is 0 Å². The maximum atomic E-state index is 9.95. The van der Waals surface area contributed by atoms with Gasteiger partial charge < -0.3 is 29.2 Å². The van der Waals surface area contributed by atoms with E-state index in [1.807, 2.05) is 0 Å². The molecule has 0 aromatic carbocycles. The highest BCUT2D eigenvalue weighted by atomic mass is 16.8. The molecule has 0 aromatic heterocycles. The van der Waals surface area contributed by atoms with Gasteiger partial charge in [-0.1, -0.05) is 13.2 Å². The highest BCUT2D eigenvalue weighted by Gasteiger charge is 2.15. The van der Waals surface area contributed by atoms with Crippen molar-refractivity contribution in [3.05, 3.63) is 24.7 Å². The van der Waals surface area contributed by atoms with Crippen LogP contribution < -0.4 is 0 Å². The van der Waals surface area contributed by atoms with Gasteiger partial charge in [-0.15, -0.1) is 0 Å². The van der Waals surface area contributed by atoms with E-state index < -0.39 is 12.3 Å². The molecule has 0 unspecified atom stereocenters. The zero-order valence-corrected chi connectivity index (χ0v) is 9.59. The number of aliphatic hydroxyl groups is 2. The van der Waals surface area contributed by atoms with Gasteiger partial charge in [0.1, 0.15) is 11.5 Å². The monoisotopic (exact) mass is 262 g/mol. The molecule has 2 rings (SSSR count). The van der Waals surface area contributed by atoms with Crippen LogP contribution in [0.1, 0.15) is 0 Å². The minimum Gasteiger partial charge on any atom is -0.426 e. The molecule has 0 atom stereocenters. The van der Waals surface area contributed by atoms with Crippen LogP contribution in [0.4, 0.5) is 9.59 Å². The van der Waals surface area contributed by atoms with Gasteiger partial charge in [0.05, 0.1) is 13.2 Å². The fourth-order valence-corrected chi connectivity index (χ4v) is 0.632. The Kier molecular flexibility index (Phi) is 7.99. The van der Waals surface area contributed by atoms with Gasteiger partial charge in [-0.2, -0.15) is 0 Å². The first-order chi connectivity index (χ1) is 8.49. The second-order valence-electron chi connectivity index (χ2n) is 2.81. The van der Waals surface area contributed by atoms with Crippen molar-refractivity contribution in [2.75, 3.05) is 26.4 Å². The van der Waals surface area contributed by atoms with Gasteiger partial charge in [0.2, 0.25) is 0 Å². The number of carbonyl (C=O) groups is 2. The van der Waals surface area contributed by atoms with Gasteiger partial charge in [-0.3, -0.25) is 0 Å². The van der Waals surface area contributed by atoms with Gasteiger partial charge in [-0.05, 0) is 0 Å². The lowest BCUT2D eigenvalue weighted by Crippen LogP contribution is -1.88. The molecular formula is C10H14O8. The largest absolute Gasteiger partial charge is 0.514 e. The zero-order chi connectivity index (χ0) is 14.0. The Morgan fingerprint density at radius 1 is 0.889 bits per heavy atom. The first kappa shape index (κ1) is 15.9. The molecule has 8 heteroatoms. The molecule has 18 heavy (non-hydrogen) atoms. The molecule has 0 saturated carbocycles. The van der Waals surface area contributed by atoms with Crippen molar-refractivity contribution < 1.29 is 38.7 Å². The van der Waals surface area contributed by atoms with Gasteiger partial charge >= 0.3 is 12.3 Å². The summed E-state index contributed by atoms with van der Waals surface area (Å²) in [6, 6.07) is 0. The zero-order valence-electron chi connectivity index (χ0n) is 9.59. The van der Waals surface area contributed by atoms with Crippen LogP contribution >= 0.6 is 0 Å². The van der Waals surface area contributed by atoms with Crippen LogP contribution in [-0.2, 0) is 18.9 Å². The molecular weight excluding hydrogens is 248 g/mol. The Labute approximate surface area is 103 Å². The van der Waals surface area contributed by atoms with Crippen molar-refractivity contribution in [2.45, 2.75) is 0 Å². The molecule has 8 nitrogen and oxygen atoms in total. The second-order valence-corrected chi connectivity index (χ2v) is 2.81. The van der Waals surface area contributed by atoms with E-state index in [0.29, 0.717) is 11.5 Å². The third-order valence-electron chi connectivity index (χ3n) is 1.26. The lowest BCUT2D eigenvalue weighted by molar-refractivity contribution is 0.135. The summed E-state index contributed by atoms with van der Waals surface area (Å²) in [6.07, 6.45) is -1.30. The highest BCUT2D eigenvalue weighted by molar-refractivity contribution is 5.64. The molecule has 2 fully saturated rings. The smallest absolute Gasteiger partial charge is 0.426 e. The maximum absolute atomic E-state index is 9.95. The quantitative estimate of drug-likeness (QED) is 0.649. The van der Waals surface area contributed by atoms with Crippen molar-refractivity contribution >= 4 is 12.3 Å². The number of carbonyl (C=O) groups excluding carboxylic acids is 2. The summed E-state index contributed by atoms with van der Waals surface area (Å²) in [5.41, 5.74) is 0. The fourth-order valence-electron chi connectivity index (χ4n) is 0.632. The van der Waals surface area contributed by atoms with Crippen molar-refractivity contribution in [3.8, 4) is 0 Å². The lowest BCUT2D eigenvalue weighted by atomic mass is 10.6. The van der Waals surface area contributed by atoms with Crippen molar-refractivity contribution in [3.63, 3.8) is 0 Å². The molecule has 0 amide bonds. The SMILES string of the molecule is C=C1COC(=O)O1.C=C1COC(=O)O1.OCCO. The van der Waals surface area contributed by atoms with Crippen LogP contribution in [0.5, 0.6) is 0 Å². The van der Waals surface area contributed by atoms with Crippen molar-refractivity contribution in [1.82, 2.24) is 0 Å². The van der Waals surface area contributed by atoms with E-state index in [2.05, 4.69) is 32.1 Å². The summed E-state index contributed by atoms with van der Waals surface area (Å²) in [5.74, 6) is 0.759. The fraction of sp³-hybridized carbons (Fsp3) is 0.400. The number of hydrogen-bond acceptors (Lipinski definition) is 8. The summed E-state index contributed by atoms with van der Waals surface area (Å²) in [6.45, 7) is 6.84. The van der Waals surface area contributed by atoms with E-state index in [-0.39, 0.29) is 26.4 Å². The molecule has 0 spiro atoms. The van der Waals surface area contributed by atoms with Gasteiger partial charge in [-0.25, -0.2) is 9.59 Å². The first-order valence-corrected chi connectivity index (χ1v) is 4.76. The Hall–Kier alpha value is -2.06. The summed E-state index contributed by atoms with van der Waals surface area (Å²) < 4.78 is 17.2. The van der Waals surface area contributed by atoms with Crippen LogP contribution in [0.25, 0.3) is 0 Å². The normalized spacial score (nSPS) is 16.3. The molecule has 2 aliphatic heterocycles. The Morgan fingerprint density at radius 3 is 1.28 bits per heavy atom. The number of aliphatic hydroxyl groups excluding tert-OH is 2.